The summed E-state index contributed by atoms with van der Waals surface area (Å²) in [7, 11) is -3.86. The van der Waals surface area contributed by atoms with E-state index < -0.39 is 10.0 Å². The van der Waals surface area contributed by atoms with E-state index in [0.29, 0.717) is 17.0 Å². The number of nitrogens with one attached hydrogen (secondary N) is 2. The molecule has 3 rings (SSSR count). The first-order chi connectivity index (χ1) is 12.4. The molecule has 0 aliphatic heterocycles. The number of para-hydroxylation sites is 1. The van der Waals surface area contributed by atoms with Crippen LogP contribution in [-0.4, -0.2) is 14.3 Å². The highest BCUT2D eigenvalue weighted by Gasteiger charge is 2.17. The van der Waals surface area contributed by atoms with E-state index in [4.69, 9.17) is 16.0 Å². The maximum Gasteiger partial charge on any atom is 0.262 e. The molecule has 2 aromatic carbocycles. The Labute approximate surface area is 155 Å². The number of sulfonamides is 1. The van der Waals surface area contributed by atoms with E-state index in [9.17, 15) is 13.2 Å². The van der Waals surface area contributed by atoms with Gasteiger partial charge in [-0.25, -0.2) is 8.42 Å². The van der Waals surface area contributed by atoms with Crippen LogP contribution in [0.15, 0.2) is 70.2 Å². The fourth-order valence-corrected chi connectivity index (χ4v) is 3.67. The summed E-state index contributed by atoms with van der Waals surface area (Å²) in [6.07, 6.45) is 1.42. The maximum absolute atomic E-state index is 12.6. The number of hydrogen-bond acceptors (Lipinski definition) is 4. The van der Waals surface area contributed by atoms with Crippen LogP contribution in [0.3, 0.4) is 0 Å². The molecule has 0 atom stereocenters. The average Bonchev–Trinajstić information content (AvgIpc) is 3.03. The van der Waals surface area contributed by atoms with Gasteiger partial charge in [0.25, 0.3) is 15.9 Å². The second-order valence-corrected chi connectivity index (χ2v) is 7.55. The summed E-state index contributed by atoms with van der Waals surface area (Å²) in [5, 5.41) is 2.94. The molecule has 0 saturated heterocycles. The van der Waals surface area contributed by atoms with Crippen molar-refractivity contribution in [2.75, 3.05) is 10.0 Å². The standard InChI is InChI=1S/C18H15ClN2O4S/c1-12-15(9-10-25-12)18(22)20-13-5-4-6-14(11-13)26(23,24)21-17-8-3-2-7-16(17)19/h2-11,21H,1H3,(H,20,22). The van der Waals surface area contributed by atoms with Crippen molar-refractivity contribution < 1.29 is 17.6 Å². The lowest BCUT2D eigenvalue weighted by molar-refractivity contribution is 0.102. The van der Waals surface area contributed by atoms with E-state index in [0.717, 1.165) is 0 Å². The van der Waals surface area contributed by atoms with Gasteiger partial charge in [-0.3, -0.25) is 9.52 Å². The van der Waals surface area contributed by atoms with Gasteiger partial charge < -0.3 is 9.73 Å². The normalized spacial score (nSPS) is 11.2. The lowest BCUT2D eigenvalue weighted by Crippen LogP contribution is -2.15. The summed E-state index contributed by atoms with van der Waals surface area (Å²) in [4.78, 5) is 12.2. The maximum atomic E-state index is 12.6. The molecule has 8 heteroatoms. The minimum absolute atomic E-state index is 0.000801. The van der Waals surface area contributed by atoms with Crippen LogP contribution in [0.1, 0.15) is 16.1 Å². The Morgan fingerprint density at radius 1 is 1.08 bits per heavy atom. The smallest absolute Gasteiger partial charge is 0.262 e. The lowest BCUT2D eigenvalue weighted by atomic mass is 10.2. The largest absolute Gasteiger partial charge is 0.469 e. The van der Waals surface area contributed by atoms with Crippen molar-refractivity contribution in [3.8, 4) is 0 Å². The third-order valence-electron chi connectivity index (χ3n) is 3.62. The number of halogens is 1. The van der Waals surface area contributed by atoms with Crippen LogP contribution in [0.4, 0.5) is 11.4 Å². The molecule has 0 unspecified atom stereocenters. The predicted octanol–water partition coefficient (Wildman–Crippen LogP) is 4.29. The molecule has 1 heterocycles. The Hall–Kier alpha value is -2.77. The van der Waals surface area contributed by atoms with Crippen LogP contribution in [0.2, 0.25) is 5.02 Å². The van der Waals surface area contributed by atoms with Gasteiger partial charge >= 0.3 is 0 Å². The van der Waals surface area contributed by atoms with Crippen molar-refractivity contribution >= 4 is 38.9 Å². The summed E-state index contributed by atoms with van der Waals surface area (Å²) in [5.74, 6) is 0.0940. The van der Waals surface area contributed by atoms with Crippen molar-refractivity contribution in [2.24, 2.45) is 0 Å². The molecule has 2 N–H and O–H groups in total. The molecule has 134 valence electrons. The molecule has 3 aromatic rings. The molecule has 0 radical (unpaired) electrons. The van der Waals surface area contributed by atoms with Crippen LogP contribution in [0.5, 0.6) is 0 Å². The van der Waals surface area contributed by atoms with Gasteiger partial charge in [0, 0.05) is 5.69 Å². The highest BCUT2D eigenvalue weighted by atomic mass is 35.5. The number of furan rings is 1. The number of rotatable bonds is 5. The molecular formula is C18H15ClN2O4S. The van der Waals surface area contributed by atoms with Crippen molar-refractivity contribution in [1.82, 2.24) is 0 Å². The number of carbonyl (C=O) groups excluding carboxylic acids is 1. The van der Waals surface area contributed by atoms with Gasteiger partial charge in [-0.1, -0.05) is 29.8 Å². The number of aryl methyl sites for hydroxylation is 1. The fraction of sp³-hybridized carbons (Fsp3) is 0.0556. The molecule has 1 amide bonds. The Balaban J connectivity index is 1.83. The first-order valence-electron chi connectivity index (χ1n) is 7.60. The zero-order valence-electron chi connectivity index (χ0n) is 13.7. The third kappa shape index (κ3) is 3.89. The zero-order chi connectivity index (χ0) is 18.7. The third-order valence-corrected chi connectivity index (χ3v) is 5.32. The number of benzene rings is 2. The molecule has 0 fully saturated rings. The summed E-state index contributed by atoms with van der Waals surface area (Å²) >= 11 is 6.00. The van der Waals surface area contributed by atoms with Gasteiger partial charge in [0.15, 0.2) is 0 Å². The molecule has 0 aliphatic carbocycles. The molecule has 1 aromatic heterocycles. The van der Waals surface area contributed by atoms with E-state index in [1.54, 1.807) is 49.4 Å². The topological polar surface area (TPSA) is 88.4 Å². The van der Waals surface area contributed by atoms with Crippen LogP contribution >= 0.6 is 11.6 Å². The van der Waals surface area contributed by atoms with Gasteiger partial charge in [0.1, 0.15) is 5.76 Å². The zero-order valence-corrected chi connectivity index (χ0v) is 15.3. The van der Waals surface area contributed by atoms with Crippen molar-refractivity contribution in [1.29, 1.82) is 0 Å². The Morgan fingerprint density at radius 2 is 1.85 bits per heavy atom. The number of carbonyl (C=O) groups is 1. The first kappa shape index (κ1) is 18.0. The van der Waals surface area contributed by atoms with E-state index in [1.165, 1.54) is 18.4 Å². The highest BCUT2D eigenvalue weighted by Crippen LogP contribution is 2.25. The molecule has 0 aliphatic rings. The van der Waals surface area contributed by atoms with E-state index in [-0.39, 0.29) is 21.5 Å². The summed E-state index contributed by atoms with van der Waals surface area (Å²) in [6, 6.07) is 14.0. The fourth-order valence-electron chi connectivity index (χ4n) is 2.31. The van der Waals surface area contributed by atoms with Gasteiger partial charge in [-0.15, -0.1) is 0 Å². The monoisotopic (exact) mass is 390 g/mol. The van der Waals surface area contributed by atoms with E-state index in [1.807, 2.05) is 0 Å². The average molecular weight is 391 g/mol. The number of hydrogen-bond donors (Lipinski definition) is 2. The summed E-state index contributed by atoms with van der Waals surface area (Å²) in [6.45, 7) is 1.67. The SMILES string of the molecule is Cc1occc1C(=O)Nc1cccc(S(=O)(=O)Nc2ccccc2Cl)c1. The predicted molar refractivity (Wildman–Crippen MR) is 100 cm³/mol. The van der Waals surface area contributed by atoms with Crippen molar-refractivity contribution in [3.05, 3.63) is 77.2 Å². The second kappa shape index (κ2) is 7.23. The minimum Gasteiger partial charge on any atom is -0.469 e. The minimum atomic E-state index is -3.86. The Morgan fingerprint density at radius 3 is 2.54 bits per heavy atom. The van der Waals surface area contributed by atoms with Crippen LogP contribution in [0.25, 0.3) is 0 Å². The number of anilines is 2. The van der Waals surface area contributed by atoms with Crippen LogP contribution < -0.4 is 10.0 Å². The van der Waals surface area contributed by atoms with Gasteiger partial charge in [-0.05, 0) is 43.3 Å². The van der Waals surface area contributed by atoms with Crippen LogP contribution in [-0.2, 0) is 10.0 Å². The number of amides is 1. The van der Waals surface area contributed by atoms with Crippen LogP contribution in [0, 0.1) is 6.92 Å². The Bertz CT molecular complexity index is 1060. The van der Waals surface area contributed by atoms with Crippen molar-refractivity contribution in [2.45, 2.75) is 11.8 Å². The van der Waals surface area contributed by atoms with Gasteiger partial charge in [-0.2, -0.15) is 0 Å². The molecule has 0 spiro atoms. The quantitative estimate of drug-likeness (QED) is 0.680. The Kier molecular flexibility index (Phi) is 5.01. The summed E-state index contributed by atoms with van der Waals surface area (Å²) < 4.78 is 32.7. The molecule has 26 heavy (non-hydrogen) atoms. The van der Waals surface area contributed by atoms with Crippen molar-refractivity contribution in [3.63, 3.8) is 0 Å². The van der Waals surface area contributed by atoms with Gasteiger partial charge in [0.05, 0.1) is 27.4 Å². The molecule has 0 bridgehead atoms. The van der Waals surface area contributed by atoms with E-state index >= 15 is 0 Å². The second-order valence-electron chi connectivity index (χ2n) is 5.46. The highest BCUT2D eigenvalue weighted by molar-refractivity contribution is 7.92. The summed E-state index contributed by atoms with van der Waals surface area (Å²) in [5.41, 5.74) is 1.00. The lowest BCUT2D eigenvalue weighted by Gasteiger charge is -2.11. The first-order valence-corrected chi connectivity index (χ1v) is 9.46. The molecular weight excluding hydrogens is 376 g/mol. The molecule has 6 nitrogen and oxygen atoms in total. The molecule has 0 saturated carbocycles. The van der Waals surface area contributed by atoms with Gasteiger partial charge in [0.2, 0.25) is 0 Å². The van der Waals surface area contributed by atoms with E-state index in [2.05, 4.69) is 10.0 Å².